The van der Waals surface area contributed by atoms with Crippen molar-refractivity contribution < 1.29 is 19.8 Å². The van der Waals surface area contributed by atoms with Gasteiger partial charge in [-0.05, 0) is 12.8 Å². The van der Waals surface area contributed by atoms with Crippen LogP contribution in [-0.4, -0.2) is 41.9 Å². The summed E-state index contributed by atoms with van der Waals surface area (Å²) in [7, 11) is 1.35. The second kappa shape index (κ2) is 5.59. The van der Waals surface area contributed by atoms with E-state index in [1.165, 1.54) is 7.11 Å². The van der Waals surface area contributed by atoms with Crippen molar-refractivity contribution >= 4 is 11.9 Å². The molecule has 0 unspecified atom stereocenters. The zero-order valence-electron chi connectivity index (χ0n) is 8.58. The van der Waals surface area contributed by atoms with Crippen LogP contribution in [0.15, 0.2) is 0 Å². The van der Waals surface area contributed by atoms with E-state index < -0.39 is 0 Å². The second-order valence-electron chi connectivity index (χ2n) is 3.14. The SMILES string of the molecule is CC[C@@H](C(=O)OC)N1CCCC1=O.O. The maximum atomic E-state index is 11.3. The van der Waals surface area contributed by atoms with E-state index in [9.17, 15) is 9.59 Å². The molecule has 1 rings (SSSR count). The van der Waals surface area contributed by atoms with E-state index in [0.717, 1.165) is 6.42 Å². The number of methoxy groups -OCH3 is 1. The van der Waals surface area contributed by atoms with Gasteiger partial charge in [-0.3, -0.25) is 4.79 Å². The molecule has 0 aliphatic carbocycles. The van der Waals surface area contributed by atoms with Crippen LogP contribution in [0, 0.1) is 0 Å². The Kier molecular flexibility index (Phi) is 5.15. The van der Waals surface area contributed by atoms with Gasteiger partial charge < -0.3 is 15.1 Å². The maximum absolute atomic E-state index is 11.3. The Morgan fingerprint density at radius 3 is 2.64 bits per heavy atom. The van der Waals surface area contributed by atoms with E-state index in [2.05, 4.69) is 4.74 Å². The molecule has 1 amide bonds. The molecule has 1 heterocycles. The highest BCUT2D eigenvalue weighted by Crippen LogP contribution is 2.16. The number of carbonyl (C=O) groups is 2. The van der Waals surface area contributed by atoms with Crippen molar-refractivity contribution in [2.45, 2.75) is 32.2 Å². The molecule has 0 spiro atoms. The fourth-order valence-electron chi connectivity index (χ4n) is 1.65. The van der Waals surface area contributed by atoms with Crippen LogP contribution in [0.4, 0.5) is 0 Å². The molecule has 14 heavy (non-hydrogen) atoms. The van der Waals surface area contributed by atoms with Crippen molar-refractivity contribution in [1.29, 1.82) is 0 Å². The predicted octanol–water partition coefficient (Wildman–Crippen LogP) is -0.264. The number of hydrogen-bond acceptors (Lipinski definition) is 3. The minimum Gasteiger partial charge on any atom is -0.467 e. The Morgan fingerprint density at radius 2 is 2.29 bits per heavy atom. The summed E-state index contributed by atoms with van der Waals surface area (Å²) in [6.45, 7) is 2.57. The van der Waals surface area contributed by atoms with Gasteiger partial charge in [0.05, 0.1) is 7.11 Å². The first-order valence-electron chi connectivity index (χ1n) is 4.58. The largest absolute Gasteiger partial charge is 0.467 e. The fourth-order valence-corrected chi connectivity index (χ4v) is 1.65. The highest BCUT2D eigenvalue weighted by Gasteiger charge is 2.31. The molecule has 1 aliphatic heterocycles. The van der Waals surface area contributed by atoms with Gasteiger partial charge in [-0.25, -0.2) is 4.79 Å². The van der Waals surface area contributed by atoms with Crippen molar-refractivity contribution in [2.24, 2.45) is 0 Å². The van der Waals surface area contributed by atoms with Gasteiger partial charge in [-0.1, -0.05) is 6.92 Å². The van der Waals surface area contributed by atoms with E-state index in [0.29, 0.717) is 19.4 Å². The lowest BCUT2D eigenvalue weighted by molar-refractivity contribution is -0.151. The topological polar surface area (TPSA) is 78.1 Å². The predicted molar refractivity (Wildman–Crippen MR) is 50.7 cm³/mol. The smallest absolute Gasteiger partial charge is 0.328 e. The van der Waals surface area contributed by atoms with E-state index in [-0.39, 0.29) is 23.4 Å². The quantitative estimate of drug-likeness (QED) is 0.592. The van der Waals surface area contributed by atoms with Gasteiger partial charge in [0, 0.05) is 13.0 Å². The number of rotatable bonds is 3. The molecule has 5 nitrogen and oxygen atoms in total. The normalized spacial score (nSPS) is 17.6. The van der Waals surface area contributed by atoms with Gasteiger partial charge in [-0.2, -0.15) is 0 Å². The average molecular weight is 203 g/mol. The molecule has 1 saturated heterocycles. The summed E-state index contributed by atoms with van der Waals surface area (Å²) in [5.41, 5.74) is 0. The Bertz CT molecular complexity index is 217. The molecule has 0 aromatic carbocycles. The Morgan fingerprint density at radius 1 is 1.64 bits per heavy atom. The van der Waals surface area contributed by atoms with Crippen LogP contribution in [0.5, 0.6) is 0 Å². The Balaban J connectivity index is 0.00000169. The van der Waals surface area contributed by atoms with Crippen molar-refractivity contribution in [3.63, 3.8) is 0 Å². The van der Waals surface area contributed by atoms with Crippen molar-refractivity contribution in [2.75, 3.05) is 13.7 Å². The molecule has 0 saturated carbocycles. The van der Waals surface area contributed by atoms with Gasteiger partial charge in [-0.15, -0.1) is 0 Å². The van der Waals surface area contributed by atoms with Crippen molar-refractivity contribution in [3.8, 4) is 0 Å². The minimum absolute atomic E-state index is 0. The average Bonchev–Trinajstić information content (AvgIpc) is 2.53. The fraction of sp³-hybridized carbons (Fsp3) is 0.778. The summed E-state index contributed by atoms with van der Waals surface area (Å²) in [4.78, 5) is 24.2. The van der Waals surface area contributed by atoms with Gasteiger partial charge in [0.15, 0.2) is 0 Å². The first-order chi connectivity index (χ1) is 6.20. The number of hydrogen-bond donors (Lipinski definition) is 0. The highest BCUT2D eigenvalue weighted by atomic mass is 16.5. The summed E-state index contributed by atoms with van der Waals surface area (Å²) in [5.74, 6) is -0.241. The number of ether oxygens (including phenoxy) is 1. The second-order valence-corrected chi connectivity index (χ2v) is 3.14. The highest BCUT2D eigenvalue weighted by molar-refractivity contribution is 5.85. The summed E-state index contributed by atoms with van der Waals surface area (Å²) < 4.78 is 4.63. The lowest BCUT2D eigenvalue weighted by atomic mass is 10.2. The molecular weight excluding hydrogens is 186 g/mol. The molecule has 1 fully saturated rings. The van der Waals surface area contributed by atoms with Gasteiger partial charge >= 0.3 is 5.97 Å². The lowest BCUT2D eigenvalue weighted by Gasteiger charge is -2.23. The third kappa shape index (κ3) is 2.45. The number of likely N-dealkylation sites (tertiary alicyclic amines) is 1. The molecular formula is C9H17NO4. The van der Waals surface area contributed by atoms with Crippen LogP contribution < -0.4 is 0 Å². The summed E-state index contributed by atoms with van der Waals surface area (Å²) in [5, 5.41) is 0. The molecule has 0 aromatic rings. The zero-order valence-corrected chi connectivity index (χ0v) is 8.58. The third-order valence-electron chi connectivity index (χ3n) is 2.35. The van der Waals surface area contributed by atoms with Crippen LogP contribution in [0.25, 0.3) is 0 Å². The number of esters is 1. The van der Waals surface area contributed by atoms with Gasteiger partial charge in [0.1, 0.15) is 6.04 Å². The number of amides is 1. The first kappa shape index (κ1) is 12.9. The van der Waals surface area contributed by atoms with Gasteiger partial charge in [0.25, 0.3) is 0 Å². The van der Waals surface area contributed by atoms with Crippen LogP contribution >= 0.6 is 0 Å². The van der Waals surface area contributed by atoms with Gasteiger partial charge in [0.2, 0.25) is 5.91 Å². The monoisotopic (exact) mass is 203 g/mol. The Hall–Kier alpha value is -1.10. The molecule has 0 radical (unpaired) electrons. The number of nitrogens with zero attached hydrogens (tertiary/aromatic N) is 1. The van der Waals surface area contributed by atoms with Crippen LogP contribution in [-0.2, 0) is 14.3 Å². The summed E-state index contributed by atoms with van der Waals surface area (Å²) in [6, 6.07) is -0.375. The van der Waals surface area contributed by atoms with Crippen molar-refractivity contribution in [3.05, 3.63) is 0 Å². The van der Waals surface area contributed by atoms with Crippen molar-refractivity contribution in [1.82, 2.24) is 4.90 Å². The van der Waals surface area contributed by atoms with E-state index in [1.807, 2.05) is 6.92 Å². The Labute approximate surface area is 83.3 Å². The molecule has 1 atom stereocenters. The standard InChI is InChI=1S/C9H15NO3.H2O/c1-3-7(9(12)13-2)10-6-4-5-8(10)11;/h7H,3-6H2,1-2H3;1H2/t7-;/m0./s1. The minimum atomic E-state index is -0.375. The first-order valence-corrected chi connectivity index (χ1v) is 4.58. The van der Waals surface area contributed by atoms with Crippen LogP contribution in [0.3, 0.4) is 0 Å². The number of carbonyl (C=O) groups excluding carboxylic acids is 2. The van der Waals surface area contributed by atoms with E-state index >= 15 is 0 Å². The molecule has 2 N–H and O–H groups in total. The summed E-state index contributed by atoms with van der Waals surface area (Å²) >= 11 is 0. The maximum Gasteiger partial charge on any atom is 0.328 e. The molecule has 5 heteroatoms. The lowest BCUT2D eigenvalue weighted by Crippen LogP contribution is -2.42. The molecule has 82 valence electrons. The van der Waals surface area contributed by atoms with E-state index in [1.54, 1.807) is 4.90 Å². The molecule has 0 bridgehead atoms. The summed E-state index contributed by atoms with van der Waals surface area (Å²) in [6.07, 6.45) is 2.04. The van der Waals surface area contributed by atoms with E-state index in [4.69, 9.17) is 0 Å². The van der Waals surface area contributed by atoms with Crippen LogP contribution in [0.1, 0.15) is 26.2 Å². The van der Waals surface area contributed by atoms with Crippen LogP contribution in [0.2, 0.25) is 0 Å². The third-order valence-corrected chi connectivity index (χ3v) is 2.35. The molecule has 0 aromatic heterocycles. The zero-order chi connectivity index (χ0) is 9.84. The molecule has 1 aliphatic rings.